The number of imidazole rings is 1. The smallest absolute Gasteiger partial charge is 0.178 e. The van der Waals surface area contributed by atoms with Gasteiger partial charge in [-0.3, -0.25) is 4.90 Å². The summed E-state index contributed by atoms with van der Waals surface area (Å²) in [5.74, 6) is 0. The lowest BCUT2D eigenvalue weighted by atomic mass is 10.3. The Morgan fingerprint density at radius 3 is 2.84 bits per heavy atom. The van der Waals surface area contributed by atoms with Crippen molar-refractivity contribution in [1.82, 2.24) is 14.5 Å². The van der Waals surface area contributed by atoms with Gasteiger partial charge in [0.05, 0.1) is 24.2 Å². The highest BCUT2D eigenvalue weighted by atomic mass is 35.5. The van der Waals surface area contributed by atoms with Gasteiger partial charge in [0.1, 0.15) is 0 Å². The van der Waals surface area contributed by atoms with Gasteiger partial charge in [0.15, 0.2) is 4.77 Å². The average molecular weight is 298 g/mol. The number of nitrogens with one attached hydrogen (secondary N) is 1. The number of ether oxygens (including phenoxy) is 1. The number of benzene rings is 1. The third-order valence-electron chi connectivity index (χ3n) is 3.48. The molecule has 3 rings (SSSR count). The van der Waals surface area contributed by atoms with Crippen molar-refractivity contribution < 1.29 is 4.74 Å². The summed E-state index contributed by atoms with van der Waals surface area (Å²) in [7, 11) is 0. The van der Waals surface area contributed by atoms with Gasteiger partial charge in [-0.2, -0.15) is 0 Å². The van der Waals surface area contributed by atoms with Gasteiger partial charge in [0.25, 0.3) is 0 Å². The number of hydrogen-bond donors (Lipinski definition) is 1. The van der Waals surface area contributed by atoms with Gasteiger partial charge < -0.3 is 14.3 Å². The zero-order valence-corrected chi connectivity index (χ0v) is 12.1. The number of morpholine rings is 1. The Morgan fingerprint density at radius 2 is 2.05 bits per heavy atom. The molecule has 4 nitrogen and oxygen atoms in total. The van der Waals surface area contributed by atoms with Gasteiger partial charge in [-0.05, 0) is 30.4 Å². The minimum absolute atomic E-state index is 0.738. The van der Waals surface area contributed by atoms with Crippen LogP contribution in [0.2, 0.25) is 5.02 Å². The zero-order valence-electron chi connectivity index (χ0n) is 10.6. The summed E-state index contributed by atoms with van der Waals surface area (Å²) >= 11 is 11.4. The number of nitrogens with zero attached hydrogens (tertiary/aromatic N) is 2. The van der Waals surface area contributed by atoms with Crippen LogP contribution in [0.5, 0.6) is 0 Å². The summed E-state index contributed by atoms with van der Waals surface area (Å²) in [6.07, 6.45) is 0. The molecule has 1 N–H and O–H groups in total. The number of halogens is 1. The van der Waals surface area contributed by atoms with Gasteiger partial charge >= 0.3 is 0 Å². The number of aromatic amines is 1. The molecule has 2 aromatic rings. The number of hydrogen-bond acceptors (Lipinski definition) is 3. The minimum Gasteiger partial charge on any atom is -0.379 e. The molecule has 0 unspecified atom stereocenters. The van der Waals surface area contributed by atoms with Crippen LogP contribution in [0.15, 0.2) is 18.2 Å². The Bertz CT molecular complexity index is 630. The Kier molecular flexibility index (Phi) is 3.88. The first-order valence-corrected chi connectivity index (χ1v) is 7.21. The Morgan fingerprint density at radius 1 is 1.26 bits per heavy atom. The second-order valence-electron chi connectivity index (χ2n) is 4.70. The van der Waals surface area contributed by atoms with Crippen molar-refractivity contribution >= 4 is 34.9 Å². The molecule has 1 fully saturated rings. The van der Waals surface area contributed by atoms with Crippen molar-refractivity contribution in [3.8, 4) is 0 Å². The Balaban J connectivity index is 1.81. The molecule has 0 saturated carbocycles. The molecule has 6 heteroatoms. The van der Waals surface area contributed by atoms with Crippen molar-refractivity contribution in [3.05, 3.63) is 28.0 Å². The van der Waals surface area contributed by atoms with Crippen molar-refractivity contribution in [2.45, 2.75) is 6.54 Å². The largest absolute Gasteiger partial charge is 0.379 e. The fourth-order valence-electron chi connectivity index (χ4n) is 2.41. The molecule has 0 radical (unpaired) electrons. The second kappa shape index (κ2) is 5.63. The van der Waals surface area contributed by atoms with Gasteiger partial charge in [0.2, 0.25) is 0 Å². The fraction of sp³-hybridized carbons (Fsp3) is 0.462. The van der Waals surface area contributed by atoms with Crippen LogP contribution in [-0.4, -0.2) is 47.3 Å². The van der Waals surface area contributed by atoms with Crippen LogP contribution in [0, 0.1) is 4.77 Å². The highest BCUT2D eigenvalue weighted by Gasteiger charge is 2.11. The van der Waals surface area contributed by atoms with E-state index in [-0.39, 0.29) is 0 Å². The Hall–Kier alpha value is -0.880. The van der Waals surface area contributed by atoms with Crippen LogP contribution in [0.4, 0.5) is 0 Å². The molecular formula is C13H16ClN3OS. The number of aromatic nitrogens is 2. The van der Waals surface area contributed by atoms with Crippen molar-refractivity contribution in [1.29, 1.82) is 0 Å². The topological polar surface area (TPSA) is 33.2 Å². The Labute approximate surface area is 121 Å². The molecule has 19 heavy (non-hydrogen) atoms. The van der Waals surface area contributed by atoms with E-state index < -0.39 is 0 Å². The minimum atomic E-state index is 0.738. The molecule has 0 spiro atoms. The fourth-order valence-corrected chi connectivity index (χ4v) is 2.88. The predicted octanol–water partition coefficient (Wildman–Crippen LogP) is 2.68. The molecule has 102 valence electrons. The molecule has 1 saturated heterocycles. The van der Waals surface area contributed by atoms with Gasteiger partial charge in [-0.15, -0.1) is 0 Å². The molecule has 1 aliphatic rings. The standard InChI is InChI=1S/C13H16ClN3OS/c14-10-1-2-11-12(9-10)17(13(19)15-11)4-3-16-5-7-18-8-6-16/h1-2,9H,3-8H2,(H,15,19). The number of fused-ring (bicyclic) bond motifs is 1. The summed E-state index contributed by atoms with van der Waals surface area (Å²) in [6, 6.07) is 5.81. The van der Waals surface area contributed by atoms with E-state index in [0.29, 0.717) is 0 Å². The van der Waals surface area contributed by atoms with Gasteiger partial charge in [0, 0.05) is 31.2 Å². The lowest BCUT2D eigenvalue weighted by Gasteiger charge is -2.26. The van der Waals surface area contributed by atoms with E-state index in [2.05, 4.69) is 14.5 Å². The third-order valence-corrected chi connectivity index (χ3v) is 4.04. The van der Waals surface area contributed by atoms with E-state index in [1.807, 2.05) is 18.2 Å². The molecule has 2 heterocycles. The maximum absolute atomic E-state index is 6.06. The monoisotopic (exact) mass is 297 g/mol. The highest BCUT2D eigenvalue weighted by molar-refractivity contribution is 7.71. The maximum atomic E-state index is 6.06. The van der Waals surface area contributed by atoms with E-state index in [4.69, 9.17) is 28.6 Å². The summed E-state index contributed by atoms with van der Waals surface area (Å²) in [6.45, 7) is 5.50. The lowest BCUT2D eigenvalue weighted by molar-refractivity contribution is 0.0365. The summed E-state index contributed by atoms with van der Waals surface area (Å²) in [5.41, 5.74) is 2.11. The van der Waals surface area contributed by atoms with Gasteiger partial charge in [-0.25, -0.2) is 0 Å². The zero-order chi connectivity index (χ0) is 13.2. The van der Waals surface area contributed by atoms with Crippen LogP contribution in [0.25, 0.3) is 11.0 Å². The molecule has 1 aromatic carbocycles. The lowest BCUT2D eigenvalue weighted by Crippen LogP contribution is -2.38. The van der Waals surface area contributed by atoms with Crippen molar-refractivity contribution in [2.24, 2.45) is 0 Å². The van der Waals surface area contributed by atoms with Crippen LogP contribution in [0.3, 0.4) is 0 Å². The molecule has 1 aromatic heterocycles. The quantitative estimate of drug-likeness (QED) is 0.884. The third kappa shape index (κ3) is 2.84. The van der Waals surface area contributed by atoms with Crippen LogP contribution in [-0.2, 0) is 11.3 Å². The molecule has 0 atom stereocenters. The van der Waals surface area contributed by atoms with Gasteiger partial charge in [-0.1, -0.05) is 11.6 Å². The van der Waals surface area contributed by atoms with E-state index in [1.54, 1.807) is 0 Å². The van der Waals surface area contributed by atoms with Crippen LogP contribution in [0.1, 0.15) is 0 Å². The highest BCUT2D eigenvalue weighted by Crippen LogP contribution is 2.19. The second-order valence-corrected chi connectivity index (χ2v) is 5.52. The molecule has 0 bridgehead atoms. The molecule has 0 amide bonds. The van der Waals surface area contributed by atoms with Crippen molar-refractivity contribution in [2.75, 3.05) is 32.8 Å². The summed E-state index contributed by atoms with van der Waals surface area (Å²) in [5, 5.41) is 0.738. The molecule has 1 aliphatic heterocycles. The van der Waals surface area contributed by atoms with E-state index in [9.17, 15) is 0 Å². The van der Waals surface area contributed by atoms with E-state index in [0.717, 1.165) is 60.2 Å². The number of H-pyrrole nitrogens is 1. The van der Waals surface area contributed by atoms with Crippen LogP contribution >= 0.6 is 23.8 Å². The first-order valence-electron chi connectivity index (χ1n) is 6.42. The summed E-state index contributed by atoms with van der Waals surface area (Å²) in [4.78, 5) is 5.62. The van der Waals surface area contributed by atoms with E-state index in [1.165, 1.54) is 0 Å². The number of rotatable bonds is 3. The first-order chi connectivity index (χ1) is 9.24. The van der Waals surface area contributed by atoms with E-state index >= 15 is 0 Å². The SMILES string of the molecule is S=c1[nH]c2ccc(Cl)cc2n1CCN1CCOCC1. The van der Waals surface area contributed by atoms with Crippen molar-refractivity contribution in [3.63, 3.8) is 0 Å². The predicted molar refractivity (Wildman–Crippen MR) is 79.4 cm³/mol. The summed E-state index contributed by atoms with van der Waals surface area (Å²) < 4.78 is 8.23. The first kappa shape index (κ1) is 13.1. The average Bonchev–Trinajstić information content (AvgIpc) is 2.73. The normalized spacial score (nSPS) is 17.1. The molecular weight excluding hydrogens is 282 g/mol. The van der Waals surface area contributed by atoms with Crippen LogP contribution < -0.4 is 0 Å². The maximum Gasteiger partial charge on any atom is 0.178 e. The molecule has 0 aliphatic carbocycles.